The van der Waals surface area contributed by atoms with Gasteiger partial charge in [0.15, 0.2) is 0 Å². The SMILES string of the molecule is OCCCCCCOC(F)(F)C(F)OC(F)(F)C(F)(F)C(F)(F)F. The van der Waals surface area contributed by atoms with Crippen LogP contribution in [0.2, 0.25) is 0 Å². The third-order valence-corrected chi connectivity index (χ3v) is 2.58. The Balaban J connectivity index is 4.63. The predicted molar refractivity (Wildman–Crippen MR) is 58.4 cm³/mol. The molecule has 1 unspecified atom stereocenters. The summed E-state index contributed by atoms with van der Waals surface area (Å²) in [5.74, 6) is -6.88. The van der Waals surface area contributed by atoms with Crippen LogP contribution < -0.4 is 0 Å². The lowest BCUT2D eigenvalue weighted by Crippen LogP contribution is -2.56. The van der Waals surface area contributed by atoms with Crippen LogP contribution in [0.25, 0.3) is 0 Å². The highest BCUT2D eigenvalue weighted by Gasteiger charge is 2.76. The van der Waals surface area contributed by atoms with Crippen molar-refractivity contribution < 1.29 is 58.5 Å². The van der Waals surface area contributed by atoms with E-state index in [1.54, 1.807) is 0 Å². The van der Waals surface area contributed by atoms with E-state index >= 15 is 0 Å². The number of aliphatic hydroxyl groups excluding tert-OH is 1. The Kier molecular flexibility index (Phi) is 8.23. The summed E-state index contributed by atoms with van der Waals surface area (Å²) >= 11 is 0. The topological polar surface area (TPSA) is 38.7 Å². The molecule has 0 aliphatic heterocycles. The molecule has 0 heterocycles. The van der Waals surface area contributed by atoms with Crippen molar-refractivity contribution >= 4 is 0 Å². The number of alkyl halides is 10. The number of aliphatic hydroxyl groups is 1. The van der Waals surface area contributed by atoms with Crippen LogP contribution in [0.15, 0.2) is 0 Å². The first-order valence-electron chi connectivity index (χ1n) is 6.46. The van der Waals surface area contributed by atoms with Crippen LogP contribution in [0.1, 0.15) is 25.7 Å². The monoisotopic (exact) mass is 384 g/mol. The molecule has 0 fully saturated rings. The number of rotatable bonds is 11. The van der Waals surface area contributed by atoms with Gasteiger partial charge in [0.2, 0.25) is 0 Å². The van der Waals surface area contributed by atoms with Crippen molar-refractivity contribution in [1.82, 2.24) is 0 Å². The molecule has 1 N–H and O–H groups in total. The number of hydrogen-bond acceptors (Lipinski definition) is 3. The van der Waals surface area contributed by atoms with E-state index in [0.717, 1.165) is 0 Å². The van der Waals surface area contributed by atoms with Gasteiger partial charge < -0.3 is 9.84 Å². The minimum Gasteiger partial charge on any atom is -0.396 e. The minimum atomic E-state index is -6.88. The van der Waals surface area contributed by atoms with Gasteiger partial charge in [0, 0.05) is 6.61 Å². The van der Waals surface area contributed by atoms with Crippen LogP contribution in [0.3, 0.4) is 0 Å². The van der Waals surface area contributed by atoms with E-state index in [1.807, 2.05) is 0 Å². The maximum Gasteiger partial charge on any atom is 0.462 e. The molecular weight excluding hydrogens is 370 g/mol. The molecule has 3 nitrogen and oxygen atoms in total. The molecule has 0 saturated heterocycles. The van der Waals surface area contributed by atoms with Crippen LogP contribution in [0.4, 0.5) is 43.9 Å². The van der Waals surface area contributed by atoms with Crippen molar-refractivity contribution in [3.05, 3.63) is 0 Å². The molecule has 0 saturated carbocycles. The molecule has 1 atom stereocenters. The zero-order valence-electron chi connectivity index (χ0n) is 11.9. The van der Waals surface area contributed by atoms with Gasteiger partial charge in [-0.15, -0.1) is 0 Å². The molecule has 0 spiro atoms. The van der Waals surface area contributed by atoms with Crippen LogP contribution in [0, 0.1) is 0 Å². The van der Waals surface area contributed by atoms with E-state index < -0.39 is 37.3 Å². The number of hydrogen-bond donors (Lipinski definition) is 1. The minimum absolute atomic E-state index is 0.128. The Morgan fingerprint density at radius 3 is 1.75 bits per heavy atom. The first kappa shape index (κ1) is 23.2. The summed E-state index contributed by atoms with van der Waals surface area (Å²) in [4.78, 5) is 0. The van der Waals surface area contributed by atoms with E-state index in [9.17, 15) is 43.9 Å². The molecule has 0 aromatic heterocycles. The quantitative estimate of drug-likeness (QED) is 0.428. The molecular formula is C11H14F10O3. The highest BCUT2D eigenvalue weighted by atomic mass is 19.4. The molecule has 24 heavy (non-hydrogen) atoms. The van der Waals surface area contributed by atoms with Gasteiger partial charge in [0.25, 0.3) is 6.36 Å². The second kappa shape index (κ2) is 8.52. The van der Waals surface area contributed by atoms with Gasteiger partial charge in [0.05, 0.1) is 6.61 Å². The summed E-state index contributed by atoms with van der Waals surface area (Å²) < 4.78 is 130. The zero-order chi connectivity index (χ0) is 19.2. The van der Waals surface area contributed by atoms with Gasteiger partial charge >= 0.3 is 24.3 Å². The first-order chi connectivity index (χ1) is 10.7. The van der Waals surface area contributed by atoms with E-state index in [1.165, 1.54) is 0 Å². The third kappa shape index (κ3) is 6.24. The number of unbranched alkanes of at least 4 members (excludes halogenated alkanes) is 3. The lowest BCUT2D eigenvalue weighted by atomic mass is 10.2. The second-order valence-electron chi connectivity index (χ2n) is 4.57. The Labute approximate surface area is 129 Å². The summed E-state index contributed by atoms with van der Waals surface area (Å²) in [6.07, 6.45) is -22.3. The average Bonchev–Trinajstić information content (AvgIpc) is 2.40. The van der Waals surface area contributed by atoms with Crippen molar-refractivity contribution in [2.45, 2.75) is 56.4 Å². The van der Waals surface area contributed by atoms with Crippen molar-refractivity contribution in [2.24, 2.45) is 0 Å². The highest BCUT2D eigenvalue weighted by Crippen LogP contribution is 2.48. The molecule has 0 aliphatic carbocycles. The van der Waals surface area contributed by atoms with Gasteiger partial charge in [0.1, 0.15) is 0 Å². The molecule has 0 aliphatic rings. The summed E-state index contributed by atoms with van der Waals surface area (Å²) in [7, 11) is 0. The lowest BCUT2D eigenvalue weighted by molar-refractivity contribution is -0.465. The largest absolute Gasteiger partial charge is 0.462 e. The predicted octanol–water partition coefficient (Wildman–Crippen LogP) is 4.25. The molecule has 0 bridgehead atoms. The Hall–Kier alpha value is -0.820. The standard InChI is InChI=1S/C11H14F10O3/c12-7(8(13,14)23-6-4-2-1-3-5-22)24-11(20,21)9(15,16)10(17,18)19/h7,22H,1-6H2. The summed E-state index contributed by atoms with van der Waals surface area (Å²) in [5.41, 5.74) is 0. The zero-order valence-corrected chi connectivity index (χ0v) is 11.9. The average molecular weight is 384 g/mol. The fraction of sp³-hybridized carbons (Fsp3) is 1.00. The van der Waals surface area contributed by atoms with E-state index in [0.29, 0.717) is 12.8 Å². The van der Waals surface area contributed by atoms with Gasteiger partial charge in [-0.25, -0.2) is 4.39 Å². The van der Waals surface area contributed by atoms with Crippen LogP contribution in [0.5, 0.6) is 0 Å². The summed E-state index contributed by atoms with van der Waals surface area (Å²) in [5, 5.41) is 8.43. The third-order valence-electron chi connectivity index (χ3n) is 2.58. The Morgan fingerprint density at radius 1 is 0.792 bits per heavy atom. The van der Waals surface area contributed by atoms with Crippen LogP contribution >= 0.6 is 0 Å². The van der Waals surface area contributed by atoms with Gasteiger partial charge in [-0.2, -0.15) is 39.5 Å². The fourth-order valence-electron chi connectivity index (χ4n) is 1.28. The molecule has 0 aromatic carbocycles. The van der Waals surface area contributed by atoms with E-state index in [2.05, 4.69) is 9.47 Å². The maximum atomic E-state index is 13.0. The number of ether oxygens (including phenoxy) is 2. The number of halogens is 10. The maximum absolute atomic E-state index is 13.0. The smallest absolute Gasteiger partial charge is 0.396 e. The normalized spacial score (nSPS) is 15.6. The first-order valence-corrected chi connectivity index (χ1v) is 6.46. The lowest BCUT2D eigenvalue weighted by Gasteiger charge is -2.30. The van der Waals surface area contributed by atoms with Crippen LogP contribution in [-0.4, -0.2) is 49.0 Å². The fourth-order valence-corrected chi connectivity index (χ4v) is 1.28. The van der Waals surface area contributed by atoms with Gasteiger partial charge in [-0.05, 0) is 12.8 Å². The molecule has 0 radical (unpaired) electrons. The summed E-state index contributed by atoms with van der Waals surface area (Å²) in [6, 6.07) is 0. The second-order valence-corrected chi connectivity index (χ2v) is 4.57. The van der Waals surface area contributed by atoms with Crippen molar-refractivity contribution in [2.75, 3.05) is 13.2 Å². The van der Waals surface area contributed by atoms with Gasteiger partial charge in [-0.3, -0.25) is 4.74 Å². The highest BCUT2D eigenvalue weighted by molar-refractivity contribution is 4.85. The molecule has 0 aromatic rings. The Morgan fingerprint density at radius 2 is 1.29 bits per heavy atom. The summed E-state index contributed by atoms with van der Waals surface area (Å²) in [6.45, 7) is -1.07. The van der Waals surface area contributed by atoms with Crippen molar-refractivity contribution in [1.29, 1.82) is 0 Å². The van der Waals surface area contributed by atoms with E-state index in [-0.39, 0.29) is 19.4 Å². The van der Waals surface area contributed by atoms with Crippen molar-refractivity contribution in [3.63, 3.8) is 0 Å². The molecule has 0 amide bonds. The van der Waals surface area contributed by atoms with Crippen LogP contribution in [-0.2, 0) is 9.47 Å². The molecule has 13 heteroatoms. The van der Waals surface area contributed by atoms with Gasteiger partial charge in [-0.1, -0.05) is 12.8 Å². The molecule has 0 rings (SSSR count). The Bertz CT molecular complexity index is 372. The van der Waals surface area contributed by atoms with Crippen molar-refractivity contribution in [3.8, 4) is 0 Å². The van der Waals surface area contributed by atoms with E-state index in [4.69, 9.17) is 5.11 Å². The molecule has 146 valence electrons.